The number of aromatic nitrogens is 2. The number of hydrogen-bond acceptors (Lipinski definition) is 2. The number of rotatable bonds is 3. The van der Waals surface area contributed by atoms with Crippen LogP contribution in [0.3, 0.4) is 0 Å². The van der Waals surface area contributed by atoms with Gasteiger partial charge in [-0.2, -0.15) is 5.10 Å². The molecule has 1 aliphatic rings. The van der Waals surface area contributed by atoms with E-state index in [9.17, 15) is 0 Å². The minimum absolute atomic E-state index is 0.401. The van der Waals surface area contributed by atoms with Gasteiger partial charge in [-0.15, -0.1) is 0 Å². The van der Waals surface area contributed by atoms with Gasteiger partial charge in [0.1, 0.15) is 0 Å². The van der Waals surface area contributed by atoms with Gasteiger partial charge in [-0.1, -0.05) is 33.6 Å². The fourth-order valence-electron chi connectivity index (χ4n) is 3.48. The standard InChI is InChI=1S/C16H29N3/c1-11-13(12(2)19-18-11)10-17-15-9-7-6-8-14(15)16(3,4)5/h14-15,17H,6-10H2,1-5H3,(H,18,19). The van der Waals surface area contributed by atoms with Crippen molar-refractivity contribution >= 4 is 0 Å². The highest BCUT2D eigenvalue weighted by molar-refractivity contribution is 5.22. The number of nitrogens with one attached hydrogen (secondary N) is 2. The molecule has 0 bridgehead atoms. The van der Waals surface area contributed by atoms with E-state index in [2.05, 4.69) is 50.1 Å². The van der Waals surface area contributed by atoms with Gasteiger partial charge in [-0.25, -0.2) is 0 Å². The molecule has 1 aliphatic carbocycles. The molecule has 108 valence electrons. The molecule has 2 rings (SSSR count). The van der Waals surface area contributed by atoms with E-state index in [0.717, 1.165) is 18.2 Å². The molecule has 2 atom stereocenters. The molecule has 3 heteroatoms. The molecule has 0 aromatic carbocycles. The van der Waals surface area contributed by atoms with Crippen LogP contribution in [0.15, 0.2) is 0 Å². The van der Waals surface area contributed by atoms with Gasteiger partial charge in [0.15, 0.2) is 0 Å². The Morgan fingerprint density at radius 2 is 1.89 bits per heavy atom. The number of aryl methyl sites for hydroxylation is 2. The fourth-order valence-corrected chi connectivity index (χ4v) is 3.48. The van der Waals surface area contributed by atoms with E-state index in [-0.39, 0.29) is 0 Å². The third-order valence-corrected chi connectivity index (χ3v) is 4.70. The summed E-state index contributed by atoms with van der Waals surface area (Å²) in [5.74, 6) is 0.786. The molecule has 1 fully saturated rings. The van der Waals surface area contributed by atoms with Gasteiger partial charge in [0.2, 0.25) is 0 Å². The highest BCUT2D eigenvalue weighted by Crippen LogP contribution is 2.38. The van der Waals surface area contributed by atoms with E-state index < -0.39 is 0 Å². The molecule has 0 saturated heterocycles. The molecular formula is C16H29N3. The fraction of sp³-hybridized carbons (Fsp3) is 0.812. The Morgan fingerprint density at radius 1 is 1.21 bits per heavy atom. The monoisotopic (exact) mass is 263 g/mol. The second-order valence-electron chi connectivity index (χ2n) is 7.16. The zero-order valence-corrected chi connectivity index (χ0v) is 13.1. The molecule has 2 unspecified atom stereocenters. The lowest BCUT2D eigenvalue weighted by Crippen LogP contribution is -2.44. The molecule has 1 aromatic rings. The van der Waals surface area contributed by atoms with Crippen LogP contribution in [0.5, 0.6) is 0 Å². The summed E-state index contributed by atoms with van der Waals surface area (Å²) in [5, 5.41) is 11.2. The summed E-state index contributed by atoms with van der Waals surface area (Å²) in [5.41, 5.74) is 4.08. The predicted octanol–water partition coefficient (Wildman–Crippen LogP) is 3.72. The van der Waals surface area contributed by atoms with Crippen LogP contribution in [0.25, 0.3) is 0 Å². The molecule has 0 radical (unpaired) electrons. The largest absolute Gasteiger partial charge is 0.309 e. The first-order valence-corrected chi connectivity index (χ1v) is 7.63. The van der Waals surface area contributed by atoms with Gasteiger partial charge in [0, 0.05) is 23.8 Å². The smallest absolute Gasteiger partial charge is 0.0638 e. The highest BCUT2D eigenvalue weighted by atomic mass is 15.1. The van der Waals surface area contributed by atoms with Crippen molar-refractivity contribution in [3.05, 3.63) is 17.0 Å². The van der Waals surface area contributed by atoms with Crippen LogP contribution in [0.1, 0.15) is 63.4 Å². The van der Waals surface area contributed by atoms with Gasteiger partial charge in [0.25, 0.3) is 0 Å². The quantitative estimate of drug-likeness (QED) is 0.872. The molecule has 2 N–H and O–H groups in total. The van der Waals surface area contributed by atoms with Crippen LogP contribution in [0, 0.1) is 25.2 Å². The van der Waals surface area contributed by atoms with E-state index in [0.29, 0.717) is 11.5 Å². The summed E-state index contributed by atoms with van der Waals surface area (Å²) in [4.78, 5) is 0. The van der Waals surface area contributed by atoms with Crippen molar-refractivity contribution in [2.75, 3.05) is 0 Å². The molecule has 19 heavy (non-hydrogen) atoms. The lowest BCUT2D eigenvalue weighted by molar-refractivity contribution is 0.130. The zero-order valence-electron chi connectivity index (χ0n) is 13.1. The first-order chi connectivity index (χ1) is 8.89. The molecule has 1 aromatic heterocycles. The maximum atomic E-state index is 4.28. The average Bonchev–Trinajstić information content (AvgIpc) is 2.66. The lowest BCUT2D eigenvalue weighted by atomic mass is 9.69. The van der Waals surface area contributed by atoms with Crippen molar-refractivity contribution in [2.45, 2.75) is 72.9 Å². The van der Waals surface area contributed by atoms with Crippen LogP contribution in [0.4, 0.5) is 0 Å². The summed E-state index contributed by atoms with van der Waals surface area (Å²) >= 11 is 0. The van der Waals surface area contributed by atoms with Crippen LogP contribution in [-0.4, -0.2) is 16.2 Å². The van der Waals surface area contributed by atoms with Crippen molar-refractivity contribution in [2.24, 2.45) is 11.3 Å². The van der Waals surface area contributed by atoms with Crippen LogP contribution in [0.2, 0.25) is 0 Å². The van der Waals surface area contributed by atoms with E-state index in [1.165, 1.54) is 36.9 Å². The first-order valence-electron chi connectivity index (χ1n) is 7.63. The topological polar surface area (TPSA) is 40.7 Å². The van der Waals surface area contributed by atoms with Crippen molar-refractivity contribution in [3.63, 3.8) is 0 Å². The number of aromatic amines is 1. The van der Waals surface area contributed by atoms with Crippen molar-refractivity contribution in [1.29, 1.82) is 0 Å². The summed E-state index contributed by atoms with van der Waals surface area (Å²) < 4.78 is 0. The second kappa shape index (κ2) is 5.66. The Morgan fingerprint density at radius 3 is 2.47 bits per heavy atom. The Bertz CT molecular complexity index is 395. The molecule has 0 aliphatic heterocycles. The number of hydrogen-bond donors (Lipinski definition) is 2. The Balaban J connectivity index is 2.01. The van der Waals surface area contributed by atoms with Crippen molar-refractivity contribution in [3.8, 4) is 0 Å². The Hall–Kier alpha value is -0.830. The van der Waals surface area contributed by atoms with Gasteiger partial charge >= 0.3 is 0 Å². The van der Waals surface area contributed by atoms with Gasteiger partial charge in [-0.3, -0.25) is 5.10 Å². The molecule has 1 saturated carbocycles. The van der Waals surface area contributed by atoms with Gasteiger partial charge in [0.05, 0.1) is 5.69 Å². The summed E-state index contributed by atoms with van der Waals surface area (Å²) in [6.45, 7) is 12.3. The molecule has 1 heterocycles. The Labute approximate surface area is 117 Å². The van der Waals surface area contributed by atoms with E-state index >= 15 is 0 Å². The van der Waals surface area contributed by atoms with Crippen molar-refractivity contribution in [1.82, 2.24) is 15.5 Å². The van der Waals surface area contributed by atoms with Crippen LogP contribution >= 0.6 is 0 Å². The van der Waals surface area contributed by atoms with E-state index in [4.69, 9.17) is 0 Å². The maximum absolute atomic E-state index is 4.28. The van der Waals surface area contributed by atoms with Gasteiger partial charge in [-0.05, 0) is 38.0 Å². The Kier molecular flexibility index (Phi) is 4.34. The average molecular weight is 263 g/mol. The minimum atomic E-state index is 0.401. The normalized spacial score (nSPS) is 24.7. The minimum Gasteiger partial charge on any atom is -0.309 e. The van der Waals surface area contributed by atoms with E-state index in [1.54, 1.807) is 0 Å². The predicted molar refractivity (Wildman–Crippen MR) is 80.1 cm³/mol. The highest BCUT2D eigenvalue weighted by Gasteiger charge is 2.33. The number of nitrogens with zero attached hydrogens (tertiary/aromatic N) is 1. The van der Waals surface area contributed by atoms with Crippen LogP contribution in [-0.2, 0) is 6.54 Å². The number of H-pyrrole nitrogens is 1. The molecular weight excluding hydrogens is 234 g/mol. The van der Waals surface area contributed by atoms with Crippen molar-refractivity contribution < 1.29 is 0 Å². The van der Waals surface area contributed by atoms with Gasteiger partial charge < -0.3 is 5.32 Å². The second-order valence-corrected chi connectivity index (χ2v) is 7.16. The third-order valence-electron chi connectivity index (χ3n) is 4.70. The lowest BCUT2D eigenvalue weighted by Gasteiger charge is -2.41. The summed E-state index contributed by atoms with van der Waals surface area (Å²) in [7, 11) is 0. The SMILES string of the molecule is Cc1n[nH]c(C)c1CNC1CCCCC1C(C)(C)C. The molecule has 0 amide bonds. The third kappa shape index (κ3) is 3.38. The first kappa shape index (κ1) is 14.6. The molecule has 3 nitrogen and oxygen atoms in total. The van der Waals surface area contributed by atoms with Crippen LogP contribution < -0.4 is 5.32 Å². The maximum Gasteiger partial charge on any atom is 0.0638 e. The summed E-state index contributed by atoms with van der Waals surface area (Å²) in [6, 6.07) is 0.655. The zero-order chi connectivity index (χ0) is 14.0. The molecule has 0 spiro atoms. The summed E-state index contributed by atoms with van der Waals surface area (Å²) in [6.07, 6.45) is 5.44. The van der Waals surface area contributed by atoms with E-state index in [1.807, 2.05) is 0 Å².